The number of likely N-dealkylation sites (N-methyl/N-ethyl adjacent to an activating group) is 1. The predicted molar refractivity (Wildman–Crippen MR) is 158 cm³/mol. The number of hydrogen-bond acceptors (Lipinski definition) is 12. The van der Waals surface area contributed by atoms with Crippen LogP contribution in [-0.2, 0) is 21.4 Å². The minimum atomic E-state index is -2.23. The average Bonchev–Trinajstić information content (AvgIpc) is 3.48. The highest BCUT2D eigenvalue weighted by atomic mass is 35.5. The number of phenols is 3. The number of hydrogen-bond donors (Lipinski definition) is 5. The Morgan fingerprint density at radius 1 is 1.07 bits per heavy atom. The normalized spacial score (nSPS) is 18.6. The molecule has 14 nitrogen and oxygen atoms in total. The number of aromatic nitrogens is 1. The van der Waals surface area contributed by atoms with Crippen LogP contribution in [0.4, 0.5) is 0 Å². The summed E-state index contributed by atoms with van der Waals surface area (Å²) in [5.74, 6) is -7.57. The SMILES string of the molecule is COC1=CC(=O)c2c(O)c3c(c(O)c2C1=O)C(=O)[C@]1(CCc2c1c(O)c1c(=O)[nH]c(/C=N/NC(=O)CN(C)C)cc1c2Cl)C3=O. The molecule has 3 aliphatic carbocycles. The summed E-state index contributed by atoms with van der Waals surface area (Å²) in [6, 6.07) is 1.39. The van der Waals surface area contributed by atoms with Gasteiger partial charge >= 0.3 is 0 Å². The van der Waals surface area contributed by atoms with Crippen LogP contribution in [0.5, 0.6) is 17.2 Å². The lowest BCUT2D eigenvalue weighted by Crippen LogP contribution is -2.36. The lowest BCUT2D eigenvalue weighted by molar-refractivity contribution is -0.121. The molecule has 2 aromatic carbocycles. The van der Waals surface area contributed by atoms with Crippen LogP contribution in [0.1, 0.15) is 64.7 Å². The Kier molecular flexibility index (Phi) is 6.67. The number of fused-ring (bicyclic) bond motifs is 5. The van der Waals surface area contributed by atoms with Crippen LogP contribution in [0.3, 0.4) is 0 Å². The third-order valence-corrected chi connectivity index (χ3v) is 8.65. The van der Waals surface area contributed by atoms with Gasteiger partial charge in [-0.25, -0.2) is 5.43 Å². The Hall–Kier alpha value is -5.34. The van der Waals surface area contributed by atoms with E-state index in [0.29, 0.717) is 0 Å². The Balaban J connectivity index is 1.51. The van der Waals surface area contributed by atoms with Gasteiger partial charge in [0.2, 0.25) is 5.78 Å². The number of hydrazone groups is 1. The van der Waals surface area contributed by atoms with Crippen molar-refractivity contribution < 1.29 is 44.0 Å². The number of methoxy groups -OCH3 is 1. The average molecular weight is 635 g/mol. The topological polar surface area (TPSA) is 216 Å². The zero-order chi connectivity index (χ0) is 32.7. The van der Waals surface area contributed by atoms with Crippen LogP contribution in [0.15, 0.2) is 27.8 Å². The third kappa shape index (κ3) is 3.95. The Morgan fingerprint density at radius 3 is 2.33 bits per heavy atom. The van der Waals surface area contributed by atoms with E-state index >= 15 is 0 Å². The van der Waals surface area contributed by atoms with Gasteiger partial charge in [0.05, 0.1) is 58.2 Å². The smallest absolute Gasteiger partial charge is 0.260 e. The summed E-state index contributed by atoms with van der Waals surface area (Å²) in [6.07, 6.45) is 1.65. The van der Waals surface area contributed by atoms with E-state index < -0.39 is 85.3 Å². The summed E-state index contributed by atoms with van der Waals surface area (Å²) < 4.78 is 4.91. The number of halogens is 1. The second-order valence-corrected chi connectivity index (χ2v) is 11.4. The number of aromatic hydroxyl groups is 3. The fourth-order valence-corrected chi connectivity index (χ4v) is 6.71. The van der Waals surface area contributed by atoms with Crippen molar-refractivity contribution in [1.82, 2.24) is 15.3 Å². The Labute approximate surface area is 257 Å². The van der Waals surface area contributed by atoms with Crippen molar-refractivity contribution in [3.05, 3.63) is 72.4 Å². The number of ketones is 4. The summed E-state index contributed by atoms with van der Waals surface area (Å²) in [7, 11) is 4.51. The fraction of sp³-hybridized carbons (Fsp3) is 0.233. The van der Waals surface area contributed by atoms with Gasteiger partial charge in [-0.1, -0.05) is 11.6 Å². The molecule has 3 aliphatic rings. The number of allylic oxidation sites excluding steroid dienone is 2. The summed E-state index contributed by atoms with van der Waals surface area (Å²) in [6.45, 7) is 0.0658. The molecule has 15 heteroatoms. The first-order valence-corrected chi connectivity index (χ1v) is 13.8. The summed E-state index contributed by atoms with van der Waals surface area (Å²) in [5, 5.41) is 37.3. The molecule has 0 saturated heterocycles. The molecule has 0 fully saturated rings. The van der Waals surface area contributed by atoms with Crippen molar-refractivity contribution >= 4 is 57.6 Å². The van der Waals surface area contributed by atoms with Crippen molar-refractivity contribution in [2.45, 2.75) is 18.3 Å². The first kappa shape index (κ1) is 29.7. The van der Waals surface area contributed by atoms with Gasteiger partial charge in [-0.15, -0.1) is 0 Å². The van der Waals surface area contributed by atoms with E-state index in [4.69, 9.17) is 16.3 Å². The molecule has 1 aromatic heterocycles. The summed E-state index contributed by atoms with van der Waals surface area (Å²) >= 11 is 6.73. The van der Waals surface area contributed by atoms with Gasteiger partial charge in [-0.2, -0.15) is 5.10 Å². The van der Waals surface area contributed by atoms with Gasteiger partial charge in [-0.3, -0.25) is 28.8 Å². The lowest BCUT2D eigenvalue weighted by Gasteiger charge is -2.23. The number of carbonyl (C=O) groups excluding carboxylic acids is 5. The third-order valence-electron chi connectivity index (χ3n) is 8.22. The molecule has 230 valence electrons. The molecule has 0 aliphatic heterocycles. The minimum absolute atomic E-state index is 0.0333. The molecular weight excluding hydrogens is 612 g/mol. The number of pyridine rings is 1. The molecule has 3 aromatic rings. The number of benzene rings is 2. The second kappa shape index (κ2) is 10.1. The summed E-state index contributed by atoms with van der Waals surface area (Å²) in [5.41, 5.74) is -3.53. The highest BCUT2D eigenvalue weighted by Crippen LogP contribution is 2.58. The van der Waals surface area contributed by atoms with Crippen LogP contribution in [0.25, 0.3) is 10.8 Å². The number of phenolic OH excluding ortho intramolecular Hbond substituents is 3. The first-order chi connectivity index (χ1) is 21.3. The molecule has 6 rings (SSSR count). The van der Waals surface area contributed by atoms with Gasteiger partial charge in [0, 0.05) is 17.0 Å². The number of nitrogens with one attached hydrogen (secondary N) is 2. The van der Waals surface area contributed by atoms with E-state index in [2.05, 4.69) is 15.5 Å². The first-order valence-electron chi connectivity index (χ1n) is 13.4. The number of ether oxygens (including phenoxy) is 1. The van der Waals surface area contributed by atoms with Gasteiger partial charge in [0.25, 0.3) is 11.5 Å². The number of carbonyl (C=O) groups is 5. The molecule has 1 heterocycles. The molecule has 1 spiro atoms. The molecule has 0 saturated carbocycles. The van der Waals surface area contributed by atoms with Crippen LogP contribution in [0.2, 0.25) is 5.02 Å². The van der Waals surface area contributed by atoms with E-state index in [0.717, 1.165) is 19.4 Å². The van der Waals surface area contributed by atoms with Crippen molar-refractivity contribution in [2.24, 2.45) is 5.10 Å². The Morgan fingerprint density at radius 2 is 1.71 bits per heavy atom. The van der Waals surface area contributed by atoms with Crippen molar-refractivity contribution in [3.63, 3.8) is 0 Å². The Bertz CT molecular complexity index is 2090. The maximum Gasteiger partial charge on any atom is 0.260 e. The maximum absolute atomic E-state index is 14.1. The van der Waals surface area contributed by atoms with Gasteiger partial charge < -0.3 is 29.9 Å². The zero-order valence-electron chi connectivity index (χ0n) is 23.8. The molecule has 1 amide bonds. The molecule has 0 radical (unpaired) electrons. The van der Waals surface area contributed by atoms with E-state index in [1.165, 1.54) is 6.07 Å². The second-order valence-electron chi connectivity index (χ2n) is 11.1. The van der Waals surface area contributed by atoms with E-state index in [-0.39, 0.29) is 52.0 Å². The van der Waals surface area contributed by atoms with E-state index in [1.54, 1.807) is 19.0 Å². The van der Waals surface area contributed by atoms with E-state index in [1.807, 2.05) is 0 Å². The quantitative estimate of drug-likeness (QED) is 0.117. The number of amides is 1. The van der Waals surface area contributed by atoms with Crippen LogP contribution >= 0.6 is 11.6 Å². The fourth-order valence-electron chi connectivity index (χ4n) is 6.37. The molecule has 5 N–H and O–H groups in total. The molecule has 1 atom stereocenters. The molecular formula is C30H23ClN4O10. The number of H-pyrrole nitrogens is 1. The predicted octanol–water partition coefficient (Wildman–Crippen LogP) is 1.48. The minimum Gasteiger partial charge on any atom is -0.507 e. The largest absolute Gasteiger partial charge is 0.507 e. The zero-order valence-corrected chi connectivity index (χ0v) is 24.6. The van der Waals surface area contributed by atoms with Crippen molar-refractivity contribution in [2.75, 3.05) is 27.7 Å². The highest BCUT2D eigenvalue weighted by molar-refractivity contribution is 6.41. The number of rotatable bonds is 5. The molecule has 0 bridgehead atoms. The van der Waals surface area contributed by atoms with Gasteiger partial charge in [0.1, 0.15) is 22.7 Å². The monoisotopic (exact) mass is 634 g/mol. The van der Waals surface area contributed by atoms with Crippen LogP contribution in [-0.4, -0.2) is 88.2 Å². The van der Waals surface area contributed by atoms with Gasteiger partial charge in [0.15, 0.2) is 23.1 Å². The van der Waals surface area contributed by atoms with Crippen LogP contribution in [0, 0.1) is 0 Å². The number of aromatic amines is 1. The highest BCUT2D eigenvalue weighted by Gasteiger charge is 2.62. The number of Topliss-reactive ketones (excluding diaryl/α,β-unsaturated/α-hetero) is 3. The van der Waals surface area contributed by atoms with Crippen molar-refractivity contribution in [3.8, 4) is 17.2 Å². The number of nitrogens with zero attached hydrogens (tertiary/aromatic N) is 2. The molecule has 45 heavy (non-hydrogen) atoms. The van der Waals surface area contributed by atoms with Crippen LogP contribution < -0.4 is 11.0 Å². The summed E-state index contributed by atoms with van der Waals surface area (Å²) in [4.78, 5) is 83.3. The standard InChI is InChI=1S/C30H23ClN4O10/c1-35(2)9-15(37)34-32-8-10-6-12-16(29(44)33-10)26(41)21-11(22(12)31)4-5-30(21)27(42)19-20(28(30)43)25(40)18-17(24(19)39)13(36)7-14(45-3)23(18)38/h6-8,39-41H,4-5,9H2,1-3H3,(H,33,44)(H,34,37)/b32-8+/t30-/m0/s1. The lowest BCUT2D eigenvalue weighted by atomic mass is 9.76. The molecule has 0 unspecified atom stereocenters. The van der Waals surface area contributed by atoms with Crippen molar-refractivity contribution in [1.29, 1.82) is 0 Å². The van der Waals surface area contributed by atoms with Gasteiger partial charge in [-0.05, 0) is 38.6 Å². The maximum atomic E-state index is 14.1. The van der Waals surface area contributed by atoms with E-state index in [9.17, 15) is 44.1 Å².